The lowest BCUT2D eigenvalue weighted by Crippen LogP contribution is -2.28. The predicted octanol–water partition coefficient (Wildman–Crippen LogP) is 8.44. The van der Waals surface area contributed by atoms with Gasteiger partial charge in [0.15, 0.2) is 0 Å². The third-order valence-electron chi connectivity index (χ3n) is 6.10. The molecule has 0 aliphatic carbocycles. The number of para-hydroxylation sites is 4. The molecule has 0 atom stereocenters. The number of hydrogen-bond donors (Lipinski definition) is 2. The van der Waals surface area contributed by atoms with Crippen LogP contribution in [0.15, 0.2) is 111 Å². The summed E-state index contributed by atoms with van der Waals surface area (Å²) in [4.78, 5) is 22.9. The second-order valence-corrected chi connectivity index (χ2v) is 10.8. The Balaban J connectivity index is 0.000000184. The van der Waals surface area contributed by atoms with Gasteiger partial charge in [0.05, 0.1) is 36.0 Å². The van der Waals surface area contributed by atoms with E-state index in [-0.39, 0.29) is 16.3 Å². The summed E-state index contributed by atoms with van der Waals surface area (Å²) in [5, 5.41) is 41.1. The van der Waals surface area contributed by atoms with Crippen molar-refractivity contribution in [2.45, 2.75) is 6.92 Å². The minimum absolute atomic E-state index is 0.133. The van der Waals surface area contributed by atoms with Crippen molar-refractivity contribution in [2.75, 3.05) is 4.93 Å². The first kappa shape index (κ1) is 35.2. The molecular formula is C30H24BBrI2N2O8. The van der Waals surface area contributed by atoms with Crippen LogP contribution in [0.5, 0.6) is 0 Å². The van der Waals surface area contributed by atoms with Crippen molar-refractivity contribution >= 4 is 107 Å². The van der Waals surface area contributed by atoms with Crippen LogP contribution in [0.1, 0.15) is 5.56 Å². The number of halogens is 3. The fourth-order valence-electron chi connectivity index (χ4n) is 4.17. The molecule has 0 saturated heterocycles. The van der Waals surface area contributed by atoms with Crippen molar-refractivity contribution in [1.82, 2.24) is 0 Å². The van der Waals surface area contributed by atoms with Gasteiger partial charge in [-0.1, -0.05) is 77.2 Å². The highest BCUT2D eigenvalue weighted by Gasteiger charge is 2.21. The van der Waals surface area contributed by atoms with Crippen LogP contribution < -0.4 is 5.46 Å². The van der Waals surface area contributed by atoms with Crippen LogP contribution in [0.2, 0.25) is 0 Å². The second-order valence-electron chi connectivity index (χ2n) is 8.76. The van der Waals surface area contributed by atoms with Crippen molar-refractivity contribution < 1.29 is 28.7 Å². The van der Waals surface area contributed by atoms with E-state index in [4.69, 9.17) is 18.9 Å². The first-order valence-electron chi connectivity index (χ1n) is 12.6. The maximum absolute atomic E-state index is 11.2. The number of nitro groups is 2. The summed E-state index contributed by atoms with van der Waals surface area (Å²) in [5.41, 5.74) is 4.07. The van der Waals surface area contributed by atoms with E-state index in [1.54, 1.807) is 55.7 Å². The van der Waals surface area contributed by atoms with Gasteiger partial charge in [-0.05, 0) is 80.7 Å². The molecule has 2 heterocycles. The Morgan fingerprint density at radius 1 is 0.727 bits per heavy atom. The number of rotatable bonds is 4. The molecule has 0 spiro atoms. The Morgan fingerprint density at radius 3 is 1.84 bits per heavy atom. The maximum Gasteiger partial charge on any atom is 0.492 e. The zero-order valence-corrected chi connectivity index (χ0v) is 29.1. The van der Waals surface area contributed by atoms with Gasteiger partial charge in [0.2, 0.25) is 0 Å². The van der Waals surface area contributed by atoms with Crippen molar-refractivity contribution in [3.05, 3.63) is 131 Å². The van der Waals surface area contributed by atoms with E-state index < -0.39 is 12.0 Å². The first-order valence-corrected chi connectivity index (χ1v) is 16.6. The van der Waals surface area contributed by atoms with Crippen molar-refractivity contribution in [2.24, 2.45) is 0 Å². The van der Waals surface area contributed by atoms with Crippen LogP contribution in [0.3, 0.4) is 0 Å². The normalized spacial score (nSPS) is 10.1. The zero-order chi connectivity index (χ0) is 32.4. The van der Waals surface area contributed by atoms with Crippen LogP contribution in [0.4, 0.5) is 11.4 Å². The van der Waals surface area contributed by atoms with Gasteiger partial charge in [-0.15, -0.1) is 0 Å². The molecule has 2 aromatic heterocycles. The Hall–Kier alpha value is -3.32. The molecule has 14 heteroatoms. The smallest absolute Gasteiger partial charge is 0.465 e. The molecule has 0 fully saturated rings. The lowest BCUT2D eigenvalue weighted by atomic mass is 9.80. The van der Waals surface area contributed by atoms with Crippen LogP contribution in [0, 0.1) is 30.7 Å². The van der Waals surface area contributed by atoms with Crippen molar-refractivity contribution in [3.8, 4) is 11.1 Å². The SMILES string of the molecule is CI.Cc1cccc(-c2coc3ccccc23)c1[N+](=O)[O-].O=[N+]([O-])c1c(Br)cccc1I.OB(O)c1coc2ccccc12. The van der Waals surface area contributed by atoms with E-state index in [0.717, 1.165) is 21.9 Å². The van der Waals surface area contributed by atoms with E-state index in [1.807, 2.05) is 70.0 Å². The number of nitro benzene ring substituents is 2. The predicted molar refractivity (Wildman–Crippen MR) is 193 cm³/mol. The average Bonchev–Trinajstić information content (AvgIpc) is 3.63. The Labute approximate surface area is 287 Å². The summed E-state index contributed by atoms with van der Waals surface area (Å²) < 4.78 is 11.7. The summed E-state index contributed by atoms with van der Waals surface area (Å²) >= 11 is 7.18. The van der Waals surface area contributed by atoms with Crippen LogP contribution in [-0.2, 0) is 0 Å². The van der Waals surface area contributed by atoms with Crippen LogP contribution in [-0.4, -0.2) is 31.9 Å². The van der Waals surface area contributed by atoms with E-state index in [9.17, 15) is 20.2 Å². The minimum atomic E-state index is -1.46. The summed E-state index contributed by atoms with van der Waals surface area (Å²) in [5.74, 6) is 0. The van der Waals surface area contributed by atoms with Crippen LogP contribution in [0.25, 0.3) is 33.1 Å². The molecule has 226 valence electrons. The first-order chi connectivity index (χ1) is 21.1. The van der Waals surface area contributed by atoms with E-state index in [0.29, 0.717) is 30.2 Å². The van der Waals surface area contributed by atoms with Gasteiger partial charge in [0.25, 0.3) is 11.4 Å². The third-order valence-corrected chi connectivity index (χ3v) is 7.61. The molecule has 2 N–H and O–H groups in total. The largest absolute Gasteiger partial charge is 0.492 e. The van der Waals surface area contributed by atoms with Gasteiger partial charge in [-0.2, -0.15) is 0 Å². The number of furan rings is 2. The van der Waals surface area contributed by atoms with Gasteiger partial charge in [0, 0.05) is 27.4 Å². The molecule has 0 radical (unpaired) electrons. The number of aryl methyl sites for hydroxylation is 1. The number of benzene rings is 4. The lowest BCUT2D eigenvalue weighted by molar-refractivity contribution is -0.386. The van der Waals surface area contributed by atoms with Gasteiger partial charge in [-0.3, -0.25) is 20.2 Å². The Bertz CT molecular complexity index is 1870. The van der Waals surface area contributed by atoms with Gasteiger partial charge in [0.1, 0.15) is 11.2 Å². The quantitative estimate of drug-likeness (QED) is 0.0589. The van der Waals surface area contributed by atoms with Gasteiger partial charge >= 0.3 is 7.12 Å². The summed E-state index contributed by atoms with van der Waals surface area (Å²) in [6.45, 7) is 1.74. The molecule has 0 aliphatic heterocycles. The maximum atomic E-state index is 11.2. The fraction of sp³-hybridized carbons (Fsp3) is 0.0667. The summed E-state index contributed by atoms with van der Waals surface area (Å²) in [6.07, 6.45) is 2.93. The van der Waals surface area contributed by atoms with E-state index in [1.165, 1.54) is 6.26 Å². The van der Waals surface area contributed by atoms with Crippen LogP contribution >= 0.6 is 61.1 Å². The molecule has 44 heavy (non-hydrogen) atoms. The van der Waals surface area contributed by atoms with Gasteiger partial charge < -0.3 is 18.9 Å². The number of alkyl halides is 1. The Morgan fingerprint density at radius 2 is 1.27 bits per heavy atom. The molecule has 0 amide bonds. The molecule has 0 aliphatic rings. The number of fused-ring (bicyclic) bond motifs is 2. The fourth-order valence-corrected chi connectivity index (χ4v) is 5.74. The summed E-state index contributed by atoms with van der Waals surface area (Å²) in [7, 11) is -1.46. The molecule has 6 rings (SSSR count). The Kier molecular flexibility index (Phi) is 13.3. The average molecular weight is 885 g/mol. The second kappa shape index (κ2) is 16.7. The van der Waals surface area contributed by atoms with E-state index >= 15 is 0 Å². The molecule has 0 bridgehead atoms. The van der Waals surface area contributed by atoms with Gasteiger partial charge in [-0.25, -0.2) is 0 Å². The molecule has 0 unspecified atom stereocenters. The van der Waals surface area contributed by atoms with Crippen molar-refractivity contribution in [1.29, 1.82) is 0 Å². The number of nitrogens with zero attached hydrogens (tertiary/aromatic N) is 2. The minimum Gasteiger partial charge on any atom is -0.465 e. The third kappa shape index (κ3) is 8.44. The molecule has 6 aromatic rings. The topological polar surface area (TPSA) is 153 Å². The molecule has 10 nitrogen and oxygen atoms in total. The highest BCUT2D eigenvalue weighted by molar-refractivity contribution is 14.1. The molecular weight excluding hydrogens is 861 g/mol. The molecule has 0 saturated carbocycles. The zero-order valence-electron chi connectivity index (χ0n) is 23.2. The van der Waals surface area contributed by atoms with E-state index in [2.05, 4.69) is 38.5 Å². The highest BCUT2D eigenvalue weighted by Crippen LogP contribution is 2.37. The monoisotopic (exact) mass is 884 g/mol. The standard InChI is InChI=1S/C15H11NO3.C8H7BO3.C6H3BrINO2.CH3I/c1-10-5-4-7-12(15(10)16(17)18)13-9-19-14-8-3-2-6-11(13)14;10-9(11)7-5-12-8-4-2-1-3-6(7)8;7-4-2-1-3-5(8)6(4)9(10)11;1-2/h2-9H,1H3;1-5,10-11H;1-3H;1H3. The highest BCUT2D eigenvalue weighted by atomic mass is 127. The number of hydrogen-bond acceptors (Lipinski definition) is 8. The van der Waals surface area contributed by atoms with Crippen molar-refractivity contribution in [3.63, 3.8) is 0 Å². The summed E-state index contributed by atoms with van der Waals surface area (Å²) in [6, 6.07) is 25.2. The molecule has 4 aromatic carbocycles. The lowest BCUT2D eigenvalue weighted by Gasteiger charge is -2.03.